The summed E-state index contributed by atoms with van der Waals surface area (Å²) in [6.07, 6.45) is 5.13. The Balaban J connectivity index is 1.97. The third kappa shape index (κ3) is 5.53. The maximum absolute atomic E-state index is 12.3. The average molecular weight is 342 g/mol. The number of aromatic nitrogens is 2. The average Bonchev–Trinajstić information content (AvgIpc) is 2.58. The highest BCUT2D eigenvalue weighted by Crippen LogP contribution is 2.23. The SMILES string of the molecule is C[C@@H]1C[C@@H](Oc2cncc(Cl)n2)CCCN1C(=O)OC(C)(C)C. The highest BCUT2D eigenvalue weighted by molar-refractivity contribution is 6.29. The van der Waals surface area contributed by atoms with Gasteiger partial charge in [0, 0.05) is 19.0 Å². The van der Waals surface area contributed by atoms with Gasteiger partial charge in [0.25, 0.3) is 0 Å². The first-order chi connectivity index (χ1) is 10.7. The Morgan fingerprint density at radius 3 is 2.78 bits per heavy atom. The molecule has 0 aromatic carbocycles. The minimum atomic E-state index is -0.491. The van der Waals surface area contributed by atoms with Crippen LogP contribution < -0.4 is 4.74 Å². The van der Waals surface area contributed by atoms with Gasteiger partial charge in [0.2, 0.25) is 5.88 Å². The summed E-state index contributed by atoms with van der Waals surface area (Å²) in [5.74, 6) is 0.417. The molecule has 128 valence electrons. The van der Waals surface area contributed by atoms with E-state index in [0.717, 1.165) is 12.8 Å². The number of nitrogens with zero attached hydrogens (tertiary/aromatic N) is 3. The number of rotatable bonds is 2. The second-order valence-electron chi connectivity index (χ2n) is 6.82. The topological polar surface area (TPSA) is 64.6 Å². The Morgan fingerprint density at radius 2 is 2.13 bits per heavy atom. The van der Waals surface area contributed by atoms with Crippen LogP contribution in [0.3, 0.4) is 0 Å². The monoisotopic (exact) mass is 341 g/mol. The van der Waals surface area contributed by atoms with Crippen LogP contribution >= 0.6 is 11.6 Å². The minimum Gasteiger partial charge on any atom is -0.473 e. The van der Waals surface area contributed by atoms with Crippen molar-refractivity contribution in [2.24, 2.45) is 0 Å². The zero-order valence-electron chi connectivity index (χ0n) is 14.1. The molecule has 0 spiro atoms. The fraction of sp³-hybridized carbons (Fsp3) is 0.688. The van der Waals surface area contributed by atoms with Gasteiger partial charge < -0.3 is 14.4 Å². The molecule has 2 atom stereocenters. The number of hydrogen-bond donors (Lipinski definition) is 0. The molecule has 1 aliphatic rings. The Labute approximate surface area is 142 Å². The zero-order chi connectivity index (χ0) is 17.0. The van der Waals surface area contributed by atoms with Gasteiger partial charge in [-0.2, -0.15) is 4.98 Å². The molecule has 1 aromatic heterocycles. The van der Waals surface area contributed by atoms with Gasteiger partial charge in [-0.05, 0) is 40.5 Å². The Kier molecular flexibility index (Phi) is 5.68. The molecule has 0 saturated carbocycles. The molecule has 1 aromatic rings. The molecule has 0 unspecified atom stereocenters. The van der Waals surface area contributed by atoms with Crippen molar-refractivity contribution in [2.45, 2.75) is 64.7 Å². The molecular weight excluding hydrogens is 318 g/mol. The van der Waals surface area contributed by atoms with Crippen LogP contribution in [-0.2, 0) is 4.74 Å². The molecule has 2 heterocycles. The molecule has 1 fully saturated rings. The molecule has 1 aliphatic heterocycles. The molecule has 1 amide bonds. The van der Waals surface area contributed by atoms with Crippen LogP contribution in [0.2, 0.25) is 5.15 Å². The number of hydrogen-bond acceptors (Lipinski definition) is 5. The van der Waals surface area contributed by atoms with E-state index < -0.39 is 5.60 Å². The van der Waals surface area contributed by atoms with Crippen molar-refractivity contribution in [3.63, 3.8) is 0 Å². The highest BCUT2D eigenvalue weighted by atomic mass is 35.5. The maximum atomic E-state index is 12.3. The summed E-state index contributed by atoms with van der Waals surface area (Å²) >= 11 is 5.83. The predicted octanol–water partition coefficient (Wildman–Crippen LogP) is 3.69. The van der Waals surface area contributed by atoms with Gasteiger partial charge in [-0.3, -0.25) is 4.98 Å². The second-order valence-corrected chi connectivity index (χ2v) is 7.21. The Morgan fingerprint density at radius 1 is 1.39 bits per heavy atom. The maximum Gasteiger partial charge on any atom is 0.410 e. The highest BCUT2D eigenvalue weighted by Gasteiger charge is 2.30. The second kappa shape index (κ2) is 7.34. The quantitative estimate of drug-likeness (QED) is 0.820. The summed E-state index contributed by atoms with van der Waals surface area (Å²) in [6, 6.07) is 0.0319. The lowest BCUT2D eigenvalue weighted by Crippen LogP contribution is -2.42. The lowest BCUT2D eigenvalue weighted by Gasteiger charge is -2.30. The molecule has 23 heavy (non-hydrogen) atoms. The van der Waals surface area contributed by atoms with Crippen LogP contribution in [-0.4, -0.2) is 45.3 Å². The molecular formula is C16H24ClN3O3. The van der Waals surface area contributed by atoms with Crippen LogP contribution in [0, 0.1) is 0 Å². The van der Waals surface area contributed by atoms with Crippen molar-refractivity contribution in [1.29, 1.82) is 0 Å². The lowest BCUT2D eigenvalue weighted by atomic mass is 10.1. The predicted molar refractivity (Wildman–Crippen MR) is 87.7 cm³/mol. The standard InChI is InChI=1S/C16H24ClN3O3/c1-11-8-12(22-14-10-18-9-13(17)19-14)6-5-7-20(11)15(21)23-16(2,3)4/h9-12H,5-8H2,1-4H3/t11-,12+/m1/s1. The van der Waals surface area contributed by atoms with Gasteiger partial charge >= 0.3 is 6.09 Å². The number of carbonyl (C=O) groups excluding carboxylic acids is 1. The van der Waals surface area contributed by atoms with E-state index in [2.05, 4.69) is 9.97 Å². The van der Waals surface area contributed by atoms with Crippen molar-refractivity contribution < 1.29 is 14.3 Å². The van der Waals surface area contributed by atoms with E-state index in [1.54, 1.807) is 11.1 Å². The molecule has 0 radical (unpaired) electrons. The Hall–Kier alpha value is -1.56. The van der Waals surface area contributed by atoms with Crippen LogP contribution in [0.15, 0.2) is 12.4 Å². The van der Waals surface area contributed by atoms with Crippen molar-refractivity contribution in [3.05, 3.63) is 17.5 Å². The van der Waals surface area contributed by atoms with Crippen LogP contribution in [0.4, 0.5) is 4.79 Å². The van der Waals surface area contributed by atoms with Gasteiger partial charge in [0.15, 0.2) is 5.15 Å². The molecule has 0 bridgehead atoms. The first-order valence-electron chi connectivity index (χ1n) is 7.88. The summed E-state index contributed by atoms with van der Waals surface area (Å²) in [6.45, 7) is 8.29. The summed E-state index contributed by atoms with van der Waals surface area (Å²) in [4.78, 5) is 22.2. The van der Waals surface area contributed by atoms with Crippen molar-refractivity contribution in [2.75, 3.05) is 6.54 Å². The first kappa shape index (κ1) is 17.8. The fourth-order valence-corrected chi connectivity index (χ4v) is 2.73. The summed E-state index contributed by atoms with van der Waals surface area (Å²) < 4.78 is 11.4. The van der Waals surface area contributed by atoms with E-state index >= 15 is 0 Å². The third-order valence-electron chi connectivity index (χ3n) is 3.56. The fourth-order valence-electron chi connectivity index (χ4n) is 2.59. The normalized spacial score (nSPS) is 22.4. The first-order valence-corrected chi connectivity index (χ1v) is 8.26. The lowest BCUT2D eigenvalue weighted by molar-refractivity contribution is 0.0169. The van der Waals surface area contributed by atoms with Crippen LogP contribution in [0.1, 0.15) is 47.0 Å². The van der Waals surface area contributed by atoms with Crippen molar-refractivity contribution >= 4 is 17.7 Å². The Bertz CT molecular complexity index is 548. The van der Waals surface area contributed by atoms with Gasteiger partial charge in [0.05, 0.1) is 12.4 Å². The molecule has 2 rings (SSSR count). The molecule has 0 aliphatic carbocycles. The number of carbonyl (C=O) groups is 1. The van der Waals surface area contributed by atoms with Gasteiger partial charge in [-0.15, -0.1) is 0 Å². The number of ether oxygens (including phenoxy) is 2. The number of halogens is 1. The molecule has 1 saturated heterocycles. The largest absolute Gasteiger partial charge is 0.473 e. The molecule has 0 N–H and O–H groups in total. The molecule has 7 heteroatoms. The summed E-state index contributed by atoms with van der Waals surface area (Å²) in [7, 11) is 0. The van der Waals surface area contributed by atoms with Gasteiger partial charge in [-0.1, -0.05) is 11.6 Å². The van der Waals surface area contributed by atoms with E-state index in [1.807, 2.05) is 27.7 Å². The van der Waals surface area contributed by atoms with Gasteiger partial charge in [0.1, 0.15) is 11.7 Å². The zero-order valence-corrected chi connectivity index (χ0v) is 14.8. The van der Waals surface area contributed by atoms with Crippen LogP contribution in [0.5, 0.6) is 5.88 Å². The molecule has 6 nitrogen and oxygen atoms in total. The van der Waals surface area contributed by atoms with E-state index in [1.165, 1.54) is 6.20 Å². The smallest absolute Gasteiger partial charge is 0.410 e. The van der Waals surface area contributed by atoms with Gasteiger partial charge in [-0.25, -0.2) is 4.79 Å². The van der Waals surface area contributed by atoms with Crippen LogP contribution in [0.25, 0.3) is 0 Å². The number of amides is 1. The van der Waals surface area contributed by atoms with E-state index in [-0.39, 0.29) is 18.2 Å². The van der Waals surface area contributed by atoms with E-state index in [0.29, 0.717) is 24.0 Å². The van der Waals surface area contributed by atoms with Crippen molar-refractivity contribution in [1.82, 2.24) is 14.9 Å². The summed E-state index contributed by atoms with van der Waals surface area (Å²) in [5, 5.41) is 0.305. The van der Waals surface area contributed by atoms with E-state index in [4.69, 9.17) is 21.1 Å². The van der Waals surface area contributed by atoms with Crippen molar-refractivity contribution in [3.8, 4) is 5.88 Å². The van der Waals surface area contributed by atoms with E-state index in [9.17, 15) is 4.79 Å². The summed E-state index contributed by atoms with van der Waals surface area (Å²) in [5.41, 5.74) is -0.491. The minimum absolute atomic E-state index is 0.0230. The number of likely N-dealkylation sites (tertiary alicyclic amines) is 1. The third-order valence-corrected chi connectivity index (χ3v) is 3.74.